The number of hydrogen-bond donors (Lipinski definition) is 1. The molecule has 0 saturated carbocycles. The second-order valence-electron chi connectivity index (χ2n) is 5.10. The smallest absolute Gasteiger partial charge is 0.295 e. The summed E-state index contributed by atoms with van der Waals surface area (Å²) in [6.45, 7) is 5.64. The number of hydrogen-bond acceptors (Lipinski definition) is 4. The second kappa shape index (κ2) is 5.97. The van der Waals surface area contributed by atoms with Crippen LogP contribution in [0.15, 0.2) is 18.2 Å². The van der Waals surface area contributed by atoms with Crippen LogP contribution in [0, 0.1) is 15.9 Å². The first kappa shape index (κ1) is 15.4. The molecule has 0 aliphatic carbocycles. The van der Waals surface area contributed by atoms with Crippen molar-refractivity contribution < 1.29 is 14.1 Å². The van der Waals surface area contributed by atoms with Crippen LogP contribution in [0.1, 0.15) is 27.2 Å². The Balaban J connectivity index is 2.90. The molecule has 1 unspecified atom stereocenters. The molecule has 0 aliphatic heterocycles. The Hall–Kier alpha value is -1.69. The van der Waals surface area contributed by atoms with E-state index < -0.39 is 10.7 Å². The number of methoxy groups -OCH3 is 1. The van der Waals surface area contributed by atoms with Gasteiger partial charge in [0.25, 0.3) is 5.69 Å². The topological polar surface area (TPSA) is 64.4 Å². The van der Waals surface area contributed by atoms with Crippen LogP contribution in [0.5, 0.6) is 0 Å². The molecule has 0 spiro atoms. The van der Waals surface area contributed by atoms with E-state index in [0.29, 0.717) is 6.42 Å². The van der Waals surface area contributed by atoms with Gasteiger partial charge < -0.3 is 10.1 Å². The summed E-state index contributed by atoms with van der Waals surface area (Å²) in [5, 5.41) is 13.7. The van der Waals surface area contributed by atoms with E-state index in [1.807, 2.05) is 20.8 Å². The fourth-order valence-electron chi connectivity index (χ4n) is 1.93. The summed E-state index contributed by atoms with van der Waals surface area (Å²) in [6, 6.07) is 3.64. The molecule has 0 radical (unpaired) electrons. The highest BCUT2D eigenvalue weighted by Gasteiger charge is 2.24. The van der Waals surface area contributed by atoms with Gasteiger partial charge in [0.2, 0.25) is 0 Å². The number of benzene rings is 1. The molecule has 1 atom stereocenters. The van der Waals surface area contributed by atoms with Gasteiger partial charge in [-0.15, -0.1) is 0 Å². The molecule has 0 bridgehead atoms. The average Bonchev–Trinajstić information content (AvgIpc) is 2.30. The van der Waals surface area contributed by atoms with E-state index in [-0.39, 0.29) is 23.0 Å². The fourth-order valence-corrected chi connectivity index (χ4v) is 1.93. The van der Waals surface area contributed by atoms with Crippen molar-refractivity contribution in [2.24, 2.45) is 0 Å². The monoisotopic (exact) mass is 270 g/mol. The maximum atomic E-state index is 13.7. The molecule has 106 valence electrons. The van der Waals surface area contributed by atoms with Gasteiger partial charge in [0, 0.05) is 19.2 Å². The molecule has 0 amide bonds. The van der Waals surface area contributed by atoms with E-state index in [9.17, 15) is 14.5 Å². The maximum absolute atomic E-state index is 13.7. The van der Waals surface area contributed by atoms with Gasteiger partial charge in [0.1, 0.15) is 5.69 Å². The first-order valence-electron chi connectivity index (χ1n) is 6.01. The lowest BCUT2D eigenvalue weighted by molar-refractivity contribution is -0.384. The Labute approximate surface area is 111 Å². The molecule has 0 saturated heterocycles. The SMILES string of the molecule is COC(C)(C)CC(C)Nc1c(F)cccc1[N+](=O)[O-]. The van der Waals surface area contributed by atoms with Crippen LogP contribution < -0.4 is 5.32 Å². The molecular formula is C13H19FN2O3. The average molecular weight is 270 g/mol. The molecule has 19 heavy (non-hydrogen) atoms. The Morgan fingerprint density at radius 3 is 2.68 bits per heavy atom. The summed E-state index contributed by atoms with van der Waals surface area (Å²) in [7, 11) is 1.60. The zero-order valence-corrected chi connectivity index (χ0v) is 11.6. The van der Waals surface area contributed by atoms with Gasteiger partial charge in [0.15, 0.2) is 5.82 Å². The Kier molecular flexibility index (Phi) is 4.83. The maximum Gasteiger partial charge on any atom is 0.295 e. The van der Waals surface area contributed by atoms with Crippen LogP contribution in [0.3, 0.4) is 0 Å². The van der Waals surface area contributed by atoms with Crippen LogP contribution in [0.4, 0.5) is 15.8 Å². The first-order valence-corrected chi connectivity index (χ1v) is 6.01. The molecular weight excluding hydrogens is 251 g/mol. The third-order valence-electron chi connectivity index (χ3n) is 2.93. The number of nitro benzene ring substituents is 1. The molecule has 1 rings (SSSR count). The van der Waals surface area contributed by atoms with Crippen molar-refractivity contribution in [1.82, 2.24) is 0 Å². The van der Waals surface area contributed by atoms with E-state index in [2.05, 4.69) is 5.32 Å². The van der Waals surface area contributed by atoms with Crippen molar-refractivity contribution >= 4 is 11.4 Å². The number of anilines is 1. The number of nitrogens with one attached hydrogen (secondary N) is 1. The van der Waals surface area contributed by atoms with E-state index in [1.54, 1.807) is 7.11 Å². The number of ether oxygens (including phenoxy) is 1. The minimum absolute atomic E-state index is 0.0769. The molecule has 6 heteroatoms. The number of halogens is 1. The second-order valence-corrected chi connectivity index (χ2v) is 5.10. The van der Waals surface area contributed by atoms with E-state index in [0.717, 1.165) is 0 Å². The van der Waals surface area contributed by atoms with Gasteiger partial charge in [-0.1, -0.05) is 6.07 Å². The van der Waals surface area contributed by atoms with Gasteiger partial charge in [-0.25, -0.2) is 4.39 Å². The molecule has 0 fully saturated rings. The normalized spacial score (nSPS) is 13.1. The summed E-state index contributed by atoms with van der Waals surface area (Å²) in [5.41, 5.74) is -0.721. The summed E-state index contributed by atoms with van der Waals surface area (Å²) in [6.07, 6.45) is 0.592. The lowest BCUT2D eigenvalue weighted by atomic mass is 9.99. The highest BCUT2D eigenvalue weighted by molar-refractivity contribution is 5.62. The highest BCUT2D eigenvalue weighted by Crippen LogP contribution is 2.29. The van der Waals surface area contributed by atoms with Crippen LogP contribution in [0.2, 0.25) is 0 Å². The minimum atomic E-state index is -0.628. The van der Waals surface area contributed by atoms with Gasteiger partial charge in [-0.3, -0.25) is 10.1 Å². The summed E-state index contributed by atoms with van der Waals surface area (Å²) >= 11 is 0. The van der Waals surface area contributed by atoms with Crippen molar-refractivity contribution in [2.75, 3.05) is 12.4 Å². The Morgan fingerprint density at radius 2 is 2.16 bits per heavy atom. The first-order chi connectivity index (χ1) is 8.76. The van der Waals surface area contributed by atoms with Crippen molar-refractivity contribution in [3.05, 3.63) is 34.1 Å². The van der Waals surface area contributed by atoms with E-state index in [4.69, 9.17) is 4.74 Å². The molecule has 1 aromatic carbocycles. The predicted molar refractivity (Wildman–Crippen MR) is 71.8 cm³/mol. The molecule has 0 aliphatic rings. The van der Waals surface area contributed by atoms with Crippen LogP contribution in [0.25, 0.3) is 0 Å². The third kappa shape index (κ3) is 4.17. The van der Waals surface area contributed by atoms with Crippen LogP contribution in [-0.4, -0.2) is 23.7 Å². The van der Waals surface area contributed by atoms with Crippen molar-refractivity contribution in [2.45, 2.75) is 38.8 Å². The zero-order chi connectivity index (χ0) is 14.6. The standard InChI is InChI=1S/C13H19FN2O3/c1-9(8-13(2,3)19-4)15-12-10(14)6-5-7-11(12)16(17)18/h5-7,9,15H,8H2,1-4H3. The lowest BCUT2D eigenvalue weighted by Gasteiger charge is -2.27. The highest BCUT2D eigenvalue weighted by atomic mass is 19.1. The third-order valence-corrected chi connectivity index (χ3v) is 2.93. The van der Waals surface area contributed by atoms with Gasteiger partial charge >= 0.3 is 0 Å². The van der Waals surface area contributed by atoms with E-state index >= 15 is 0 Å². The minimum Gasteiger partial charge on any atom is -0.379 e. The molecule has 0 heterocycles. The zero-order valence-electron chi connectivity index (χ0n) is 11.6. The molecule has 1 N–H and O–H groups in total. The largest absolute Gasteiger partial charge is 0.379 e. The van der Waals surface area contributed by atoms with E-state index in [1.165, 1.54) is 18.2 Å². The Bertz CT molecular complexity index is 463. The molecule has 1 aromatic rings. The number of nitrogens with zero attached hydrogens (tertiary/aromatic N) is 1. The Morgan fingerprint density at radius 1 is 1.53 bits per heavy atom. The van der Waals surface area contributed by atoms with Gasteiger partial charge in [-0.2, -0.15) is 0 Å². The number of rotatable bonds is 6. The predicted octanol–water partition coefficient (Wildman–Crippen LogP) is 3.35. The number of nitro groups is 1. The summed E-state index contributed by atoms with van der Waals surface area (Å²) in [5.74, 6) is -0.628. The molecule has 0 aromatic heterocycles. The van der Waals surface area contributed by atoms with Crippen molar-refractivity contribution in [3.63, 3.8) is 0 Å². The molecule has 5 nitrogen and oxygen atoms in total. The summed E-state index contributed by atoms with van der Waals surface area (Å²) < 4.78 is 19.0. The fraction of sp³-hybridized carbons (Fsp3) is 0.538. The van der Waals surface area contributed by atoms with Gasteiger partial charge in [0.05, 0.1) is 10.5 Å². The van der Waals surface area contributed by atoms with Crippen LogP contribution in [-0.2, 0) is 4.74 Å². The lowest BCUT2D eigenvalue weighted by Crippen LogP contribution is -2.31. The van der Waals surface area contributed by atoms with Crippen molar-refractivity contribution in [3.8, 4) is 0 Å². The number of para-hydroxylation sites is 1. The van der Waals surface area contributed by atoms with Crippen LogP contribution >= 0.6 is 0 Å². The van der Waals surface area contributed by atoms with Crippen molar-refractivity contribution in [1.29, 1.82) is 0 Å². The summed E-state index contributed by atoms with van der Waals surface area (Å²) in [4.78, 5) is 10.3. The quantitative estimate of drug-likeness (QED) is 0.636. The van der Waals surface area contributed by atoms with Gasteiger partial charge in [-0.05, 0) is 33.3 Å².